The van der Waals surface area contributed by atoms with Crippen molar-refractivity contribution in [2.75, 3.05) is 39.5 Å². The van der Waals surface area contributed by atoms with E-state index in [0.717, 1.165) is 17.1 Å². The first-order chi connectivity index (χ1) is 27.0. The van der Waals surface area contributed by atoms with Gasteiger partial charge in [-0.2, -0.15) is 0 Å². The van der Waals surface area contributed by atoms with Gasteiger partial charge in [-0.05, 0) is 54.0 Å². The van der Waals surface area contributed by atoms with E-state index in [-0.39, 0.29) is 6.42 Å². The SMILES string of the molecule is C[C@H](OCNC(=O)CNC(=O)[C@H](Cc1ccccc1)NC(=O)CNC(=O)CNC(=O)[C@H](CN(CC(=O)OC(C)(C)C)C(=O)OC(C)(C)C)N1C(=O)C=CC1=O)C(=O)O. The fraction of sp³-hybridized carbons (Fsp3) is 0.514. The number of carbonyl (C=O) groups is 10. The van der Waals surface area contributed by atoms with Gasteiger partial charge in [-0.1, -0.05) is 30.3 Å². The number of amides is 8. The van der Waals surface area contributed by atoms with Gasteiger partial charge in [0.15, 0.2) is 6.10 Å². The second-order valence-corrected chi connectivity index (χ2v) is 14.8. The lowest BCUT2D eigenvalue weighted by Crippen LogP contribution is -2.57. The molecular weight excluding hydrogens is 766 g/mol. The van der Waals surface area contributed by atoms with Crippen LogP contribution in [0, 0.1) is 0 Å². The van der Waals surface area contributed by atoms with Crippen molar-refractivity contribution in [1.29, 1.82) is 0 Å². The van der Waals surface area contributed by atoms with Crippen LogP contribution in [-0.4, -0.2) is 143 Å². The minimum atomic E-state index is -1.75. The largest absolute Gasteiger partial charge is 0.479 e. The summed E-state index contributed by atoms with van der Waals surface area (Å²) < 4.78 is 15.6. The summed E-state index contributed by atoms with van der Waals surface area (Å²) in [6, 6.07) is 5.58. The maximum absolute atomic E-state index is 13.5. The van der Waals surface area contributed by atoms with E-state index in [1.807, 2.05) is 0 Å². The molecule has 1 aromatic carbocycles. The number of rotatable bonds is 20. The van der Waals surface area contributed by atoms with Gasteiger partial charge in [-0.25, -0.2) is 9.59 Å². The monoisotopic (exact) mass is 817 g/mol. The first-order valence-corrected chi connectivity index (χ1v) is 18.0. The van der Waals surface area contributed by atoms with Crippen LogP contribution in [-0.2, 0) is 63.8 Å². The third-order valence-electron chi connectivity index (χ3n) is 7.42. The van der Waals surface area contributed by atoms with Crippen molar-refractivity contribution in [1.82, 2.24) is 36.4 Å². The summed E-state index contributed by atoms with van der Waals surface area (Å²) in [5, 5.41) is 20.5. The molecule has 1 heterocycles. The summed E-state index contributed by atoms with van der Waals surface area (Å²) in [6.45, 7) is 6.85. The maximum Gasteiger partial charge on any atom is 0.410 e. The standard InChI is InChI=1S/C37H51N7O14/c1-22(34(53)54)56-21-41-27(46)17-39-32(51)24(15-23-11-9-8-10-12-23)42-28(47)18-38-26(45)16-40-33(52)25(44-29(48)13-14-30(44)49)19-43(35(55)58-37(5,6)7)20-31(50)57-36(2,3)4/h8-14,22,24-25H,15-21H2,1-7H3,(H,38,45)(H,39,51)(H,40,52)(H,41,46)(H,42,47)(H,53,54)/t22-,24-,25-/m0/s1. The van der Waals surface area contributed by atoms with Crippen molar-refractivity contribution in [2.24, 2.45) is 0 Å². The molecule has 0 aromatic heterocycles. The Morgan fingerprint density at radius 3 is 1.83 bits per heavy atom. The molecular formula is C37H51N7O14. The Balaban J connectivity index is 2.09. The van der Waals surface area contributed by atoms with Crippen LogP contribution < -0.4 is 26.6 Å². The third-order valence-corrected chi connectivity index (χ3v) is 7.42. The summed E-state index contributed by atoms with van der Waals surface area (Å²) in [4.78, 5) is 128. The molecule has 1 aliphatic rings. The molecule has 318 valence electrons. The minimum Gasteiger partial charge on any atom is -0.479 e. The third kappa shape index (κ3) is 17.6. The van der Waals surface area contributed by atoms with E-state index in [9.17, 15) is 47.9 Å². The molecule has 0 fully saturated rings. The highest BCUT2D eigenvalue weighted by atomic mass is 16.6. The van der Waals surface area contributed by atoms with E-state index in [1.54, 1.807) is 71.9 Å². The van der Waals surface area contributed by atoms with Gasteiger partial charge in [0, 0.05) is 18.6 Å². The topological polar surface area (TPSA) is 285 Å². The van der Waals surface area contributed by atoms with Crippen LogP contribution in [0.4, 0.5) is 4.79 Å². The summed E-state index contributed by atoms with van der Waals surface area (Å²) in [5.41, 5.74) is -1.35. The number of nitrogens with one attached hydrogen (secondary N) is 5. The Morgan fingerprint density at radius 1 is 0.741 bits per heavy atom. The fourth-order valence-corrected chi connectivity index (χ4v) is 4.77. The van der Waals surface area contributed by atoms with Crippen LogP contribution in [0.15, 0.2) is 42.5 Å². The van der Waals surface area contributed by atoms with E-state index in [4.69, 9.17) is 19.3 Å². The number of imide groups is 1. The van der Waals surface area contributed by atoms with Crippen molar-refractivity contribution in [3.63, 3.8) is 0 Å². The normalized spacial score (nSPS) is 14.0. The molecule has 21 nitrogen and oxygen atoms in total. The van der Waals surface area contributed by atoms with Gasteiger partial charge in [-0.3, -0.25) is 48.2 Å². The fourth-order valence-electron chi connectivity index (χ4n) is 4.77. The number of carboxylic acids is 1. The molecule has 58 heavy (non-hydrogen) atoms. The first-order valence-electron chi connectivity index (χ1n) is 18.0. The Morgan fingerprint density at radius 2 is 1.28 bits per heavy atom. The molecule has 0 saturated heterocycles. The number of carboxylic acid groups (broad SMARTS) is 1. The lowest BCUT2D eigenvalue weighted by molar-refractivity contribution is -0.156. The molecule has 1 aromatic rings. The Labute approximate surface area is 334 Å². The molecule has 3 atom stereocenters. The lowest BCUT2D eigenvalue weighted by Gasteiger charge is -2.32. The molecule has 8 amide bonds. The Kier molecular flexibility index (Phi) is 18.0. The van der Waals surface area contributed by atoms with Crippen molar-refractivity contribution >= 4 is 59.4 Å². The number of carbonyl (C=O) groups excluding carboxylic acids is 9. The summed E-state index contributed by atoms with van der Waals surface area (Å²) in [6.07, 6.45) is -0.453. The van der Waals surface area contributed by atoms with E-state index >= 15 is 0 Å². The zero-order valence-electron chi connectivity index (χ0n) is 33.4. The average molecular weight is 818 g/mol. The summed E-state index contributed by atoms with van der Waals surface area (Å²) in [7, 11) is 0. The van der Waals surface area contributed by atoms with Gasteiger partial charge >= 0.3 is 18.0 Å². The Hall–Kier alpha value is -6.38. The second kappa shape index (κ2) is 21.8. The molecule has 6 N–H and O–H groups in total. The molecule has 0 radical (unpaired) electrons. The number of hydrogen-bond donors (Lipinski definition) is 6. The number of ether oxygens (including phenoxy) is 3. The zero-order valence-corrected chi connectivity index (χ0v) is 33.4. The highest BCUT2D eigenvalue weighted by molar-refractivity contribution is 6.15. The maximum atomic E-state index is 13.5. The lowest BCUT2D eigenvalue weighted by atomic mass is 10.1. The summed E-state index contributed by atoms with van der Waals surface area (Å²) in [5.74, 6) is -8.19. The second-order valence-electron chi connectivity index (χ2n) is 14.8. The number of esters is 1. The zero-order chi connectivity index (χ0) is 43.8. The van der Waals surface area contributed by atoms with Crippen molar-refractivity contribution in [3.8, 4) is 0 Å². The van der Waals surface area contributed by atoms with Crippen LogP contribution in [0.25, 0.3) is 0 Å². The first kappa shape index (κ1) is 47.8. The van der Waals surface area contributed by atoms with Crippen molar-refractivity contribution in [3.05, 3.63) is 48.0 Å². The van der Waals surface area contributed by atoms with Crippen LogP contribution >= 0.6 is 0 Å². The van der Waals surface area contributed by atoms with Crippen LogP contribution in [0.5, 0.6) is 0 Å². The van der Waals surface area contributed by atoms with Gasteiger partial charge in [0.1, 0.15) is 36.6 Å². The number of benzene rings is 1. The van der Waals surface area contributed by atoms with Gasteiger partial charge in [0.05, 0.1) is 26.2 Å². The number of nitrogens with zero attached hydrogens (tertiary/aromatic N) is 2. The number of hydrogen-bond acceptors (Lipinski definition) is 13. The molecule has 1 aliphatic heterocycles. The highest BCUT2D eigenvalue weighted by Crippen LogP contribution is 2.16. The Bertz CT molecular complexity index is 1720. The molecule has 0 unspecified atom stereocenters. The van der Waals surface area contributed by atoms with E-state index in [2.05, 4.69) is 26.6 Å². The van der Waals surface area contributed by atoms with Crippen LogP contribution in [0.3, 0.4) is 0 Å². The van der Waals surface area contributed by atoms with E-state index < -0.39 is 128 Å². The van der Waals surface area contributed by atoms with Gasteiger partial charge in [-0.15, -0.1) is 0 Å². The highest BCUT2D eigenvalue weighted by Gasteiger charge is 2.39. The number of aliphatic carboxylic acids is 1. The van der Waals surface area contributed by atoms with Crippen molar-refractivity contribution in [2.45, 2.75) is 84.3 Å². The smallest absolute Gasteiger partial charge is 0.410 e. The van der Waals surface area contributed by atoms with Crippen LogP contribution in [0.2, 0.25) is 0 Å². The molecule has 0 saturated carbocycles. The van der Waals surface area contributed by atoms with Crippen LogP contribution in [0.1, 0.15) is 54.0 Å². The molecule has 0 bridgehead atoms. The molecule has 0 spiro atoms. The van der Waals surface area contributed by atoms with Gasteiger partial charge in [0.25, 0.3) is 11.8 Å². The van der Waals surface area contributed by atoms with Gasteiger partial charge in [0.2, 0.25) is 29.5 Å². The van der Waals surface area contributed by atoms with Crippen molar-refractivity contribution < 1.29 is 67.3 Å². The predicted octanol–water partition coefficient (Wildman–Crippen LogP) is -1.50. The minimum absolute atomic E-state index is 0.0122. The van der Waals surface area contributed by atoms with E-state index in [0.29, 0.717) is 10.5 Å². The van der Waals surface area contributed by atoms with E-state index in [1.165, 1.54) is 6.92 Å². The summed E-state index contributed by atoms with van der Waals surface area (Å²) >= 11 is 0. The quantitative estimate of drug-likeness (QED) is 0.0496. The molecule has 21 heteroatoms. The average Bonchev–Trinajstić information content (AvgIpc) is 3.45. The predicted molar refractivity (Wildman–Crippen MR) is 201 cm³/mol. The van der Waals surface area contributed by atoms with Gasteiger partial charge < -0.3 is 45.9 Å². The molecule has 2 rings (SSSR count). The molecule has 0 aliphatic carbocycles.